The number of pyridine rings is 1. The molecule has 0 saturated carbocycles. The number of rotatable bonds is 4. The average molecular weight is 348 g/mol. The topological polar surface area (TPSA) is 89.4 Å². The van der Waals surface area contributed by atoms with Gasteiger partial charge in [0.05, 0.1) is 19.7 Å². The van der Waals surface area contributed by atoms with E-state index in [9.17, 15) is 5.11 Å². The highest BCUT2D eigenvalue weighted by Crippen LogP contribution is 2.36. The van der Waals surface area contributed by atoms with Gasteiger partial charge in [0.2, 0.25) is 0 Å². The van der Waals surface area contributed by atoms with Crippen LogP contribution in [0.2, 0.25) is 0 Å². The Balaban J connectivity index is 1.87. The summed E-state index contributed by atoms with van der Waals surface area (Å²) in [4.78, 5) is 12.9. The van der Waals surface area contributed by atoms with Gasteiger partial charge >= 0.3 is 0 Å². The molecule has 0 spiro atoms. The number of anilines is 2. The van der Waals surface area contributed by atoms with Gasteiger partial charge in [-0.05, 0) is 30.3 Å². The number of aromatic nitrogens is 3. The summed E-state index contributed by atoms with van der Waals surface area (Å²) in [5.41, 5.74) is 2.03. The van der Waals surface area contributed by atoms with Crippen LogP contribution in [-0.2, 0) is 0 Å². The van der Waals surface area contributed by atoms with Crippen LogP contribution in [0.4, 0.5) is 11.5 Å². The Morgan fingerprint density at radius 3 is 2.54 bits per heavy atom. The fraction of sp³-hybridized carbons (Fsp3) is 0.105. The Morgan fingerprint density at radius 2 is 1.73 bits per heavy atom. The molecular formula is C19H16N4O3. The summed E-state index contributed by atoms with van der Waals surface area (Å²) in [6, 6.07) is 10.7. The maximum Gasteiger partial charge on any atom is 0.162 e. The highest BCUT2D eigenvalue weighted by atomic mass is 16.5. The summed E-state index contributed by atoms with van der Waals surface area (Å²) in [5.74, 6) is 1.94. The molecule has 2 aromatic carbocycles. The fourth-order valence-corrected chi connectivity index (χ4v) is 2.88. The fourth-order valence-electron chi connectivity index (χ4n) is 2.88. The first-order chi connectivity index (χ1) is 12.7. The quantitative estimate of drug-likeness (QED) is 0.544. The molecule has 26 heavy (non-hydrogen) atoms. The van der Waals surface area contributed by atoms with Crippen LogP contribution in [0, 0.1) is 0 Å². The van der Waals surface area contributed by atoms with E-state index in [0.717, 1.165) is 22.0 Å². The van der Waals surface area contributed by atoms with E-state index in [4.69, 9.17) is 9.47 Å². The lowest BCUT2D eigenvalue weighted by atomic mass is 10.1. The van der Waals surface area contributed by atoms with Gasteiger partial charge in [0.15, 0.2) is 11.5 Å². The van der Waals surface area contributed by atoms with Crippen molar-refractivity contribution in [1.82, 2.24) is 15.0 Å². The number of nitrogens with one attached hydrogen (secondary N) is 1. The minimum atomic E-state index is 0.130. The number of benzene rings is 2. The molecule has 0 atom stereocenters. The maximum atomic E-state index is 10.0. The van der Waals surface area contributed by atoms with Crippen molar-refractivity contribution in [2.75, 3.05) is 19.5 Å². The number of aromatic hydroxyl groups is 1. The van der Waals surface area contributed by atoms with E-state index in [1.54, 1.807) is 38.6 Å². The van der Waals surface area contributed by atoms with Crippen LogP contribution in [0.3, 0.4) is 0 Å². The Morgan fingerprint density at radius 1 is 0.923 bits per heavy atom. The second-order valence-electron chi connectivity index (χ2n) is 5.60. The minimum Gasteiger partial charge on any atom is -0.506 e. The van der Waals surface area contributed by atoms with E-state index in [0.29, 0.717) is 22.8 Å². The van der Waals surface area contributed by atoms with E-state index in [1.807, 2.05) is 18.2 Å². The van der Waals surface area contributed by atoms with Gasteiger partial charge in [-0.1, -0.05) is 0 Å². The summed E-state index contributed by atoms with van der Waals surface area (Å²) in [6.07, 6.45) is 3.13. The van der Waals surface area contributed by atoms with Crippen LogP contribution >= 0.6 is 0 Å². The third-order valence-corrected chi connectivity index (χ3v) is 4.14. The van der Waals surface area contributed by atoms with E-state index >= 15 is 0 Å². The largest absolute Gasteiger partial charge is 0.506 e. The first-order valence-electron chi connectivity index (χ1n) is 7.91. The molecule has 0 amide bonds. The van der Waals surface area contributed by atoms with Crippen LogP contribution in [0.1, 0.15) is 0 Å². The van der Waals surface area contributed by atoms with E-state index < -0.39 is 0 Å². The summed E-state index contributed by atoms with van der Waals surface area (Å²) < 4.78 is 10.7. The molecule has 2 heterocycles. The molecule has 7 heteroatoms. The molecule has 0 saturated heterocycles. The van der Waals surface area contributed by atoms with Crippen LogP contribution < -0.4 is 14.8 Å². The van der Waals surface area contributed by atoms with Crippen molar-refractivity contribution < 1.29 is 14.6 Å². The summed E-state index contributed by atoms with van der Waals surface area (Å²) in [6.45, 7) is 0. The maximum absolute atomic E-state index is 10.0. The molecule has 7 nitrogen and oxygen atoms in total. The number of hydrogen-bond acceptors (Lipinski definition) is 7. The average Bonchev–Trinajstić information content (AvgIpc) is 2.69. The number of methoxy groups -OCH3 is 2. The number of fused-ring (bicyclic) bond motifs is 2. The number of phenols is 1. The minimum absolute atomic E-state index is 0.130. The monoisotopic (exact) mass is 348 g/mol. The molecule has 0 radical (unpaired) electrons. The summed E-state index contributed by atoms with van der Waals surface area (Å²) in [5, 5.41) is 14.9. The first-order valence-corrected chi connectivity index (χ1v) is 7.91. The van der Waals surface area contributed by atoms with Crippen LogP contribution in [-0.4, -0.2) is 34.3 Å². The molecule has 0 unspecified atom stereocenters. The SMILES string of the molecule is COc1cc2ncnc(Nc3ccc(O)c4ncccc34)c2cc1OC. The number of phenolic OH excluding ortho intramolecular Hbond substituents is 1. The van der Waals surface area contributed by atoms with Gasteiger partial charge < -0.3 is 19.9 Å². The molecule has 0 aliphatic carbocycles. The Kier molecular flexibility index (Phi) is 3.89. The lowest BCUT2D eigenvalue weighted by Crippen LogP contribution is -1.98. The van der Waals surface area contributed by atoms with Crippen molar-refractivity contribution in [3.8, 4) is 17.2 Å². The van der Waals surface area contributed by atoms with Crippen molar-refractivity contribution >= 4 is 33.3 Å². The molecule has 4 rings (SSSR count). The molecule has 0 fully saturated rings. The third kappa shape index (κ3) is 2.59. The Labute approximate surface area is 149 Å². The van der Waals surface area contributed by atoms with Crippen LogP contribution in [0.5, 0.6) is 17.2 Å². The van der Waals surface area contributed by atoms with Crippen LogP contribution in [0.15, 0.2) is 48.9 Å². The first kappa shape index (κ1) is 15.9. The Bertz CT molecular complexity index is 1110. The summed E-state index contributed by atoms with van der Waals surface area (Å²) in [7, 11) is 3.17. The van der Waals surface area contributed by atoms with Gasteiger partial charge in [-0.25, -0.2) is 9.97 Å². The molecular weight excluding hydrogens is 332 g/mol. The second kappa shape index (κ2) is 6.36. The van der Waals surface area contributed by atoms with Gasteiger partial charge in [-0.3, -0.25) is 4.98 Å². The molecule has 2 aromatic heterocycles. The van der Waals surface area contributed by atoms with E-state index in [1.165, 1.54) is 6.33 Å². The number of ether oxygens (including phenoxy) is 2. The lowest BCUT2D eigenvalue weighted by Gasteiger charge is -2.13. The van der Waals surface area contributed by atoms with Gasteiger partial charge in [-0.2, -0.15) is 0 Å². The van der Waals surface area contributed by atoms with E-state index in [-0.39, 0.29) is 5.75 Å². The molecule has 0 aliphatic rings. The van der Waals surface area contributed by atoms with Gasteiger partial charge in [0.1, 0.15) is 23.4 Å². The highest BCUT2D eigenvalue weighted by molar-refractivity contribution is 5.99. The highest BCUT2D eigenvalue weighted by Gasteiger charge is 2.13. The van der Waals surface area contributed by atoms with Gasteiger partial charge in [-0.15, -0.1) is 0 Å². The van der Waals surface area contributed by atoms with E-state index in [2.05, 4.69) is 20.3 Å². The second-order valence-corrected chi connectivity index (χ2v) is 5.60. The molecule has 130 valence electrons. The van der Waals surface area contributed by atoms with Crippen LogP contribution in [0.25, 0.3) is 21.8 Å². The third-order valence-electron chi connectivity index (χ3n) is 4.14. The van der Waals surface area contributed by atoms with Gasteiger partial charge in [0.25, 0.3) is 0 Å². The zero-order valence-corrected chi connectivity index (χ0v) is 14.2. The van der Waals surface area contributed by atoms with Gasteiger partial charge in [0, 0.05) is 28.7 Å². The molecule has 0 bridgehead atoms. The Hall–Kier alpha value is -3.61. The lowest BCUT2D eigenvalue weighted by molar-refractivity contribution is 0.356. The molecule has 2 N–H and O–H groups in total. The predicted octanol–water partition coefficient (Wildman–Crippen LogP) is 3.64. The van der Waals surface area contributed by atoms with Crippen molar-refractivity contribution in [1.29, 1.82) is 0 Å². The summed E-state index contributed by atoms with van der Waals surface area (Å²) >= 11 is 0. The van der Waals surface area contributed by atoms with Crippen molar-refractivity contribution in [2.45, 2.75) is 0 Å². The zero-order chi connectivity index (χ0) is 18.1. The standard InChI is InChI=1S/C19H16N4O3/c1-25-16-8-12-14(9-17(16)26-2)21-10-22-19(12)23-13-5-6-15(24)18-11(13)4-3-7-20-18/h3-10,24H,1-2H3,(H,21,22,23). The molecule has 0 aliphatic heterocycles. The smallest absolute Gasteiger partial charge is 0.162 e. The van der Waals surface area contributed by atoms with Crippen molar-refractivity contribution in [2.24, 2.45) is 0 Å². The molecule has 4 aromatic rings. The number of nitrogens with zero attached hydrogens (tertiary/aromatic N) is 3. The normalized spacial score (nSPS) is 10.8. The predicted molar refractivity (Wildman–Crippen MR) is 99.3 cm³/mol. The zero-order valence-electron chi connectivity index (χ0n) is 14.2. The van der Waals surface area contributed by atoms with Crippen molar-refractivity contribution in [3.05, 3.63) is 48.9 Å². The van der Waals surface area contributed by atoms with Crippen molar-refractivity contribution in [3.63, 3.8) is 0 Å². The number of hydrogen-bond donors (Lipinski definition) is 2.